The number of hydrogen-bond donors (Lipinski definition) is 3. The lowest BCUT2D eigenvalue weighted by Crippen LogP contribution is -2.59. The van der Waals surface area contributed by atoms with Gasteiger partial charge in [0.2, 0.25) is 33.3 Å². The van der Waals surface area contributed by atoms with E-state index in [-0.39, 0.29) is 31.2 Å². The molecular formula is C41H52F3N5O9S. The molecule has 7 atom stereocenters. The maximum atomic E-state index is 14.8. The SMILES string of the molecule is CC1CCC=CC2CC2(C(=O)NS(=O)(=O)C2(C)CC2)NC(=O)C2CC(Oc3nc4c(c5ccccc35)OCCC4)CN2C(=O)C(NC(=O)OC(C)(C)C(F)(F)F)C(C)C1. The fraction of sp³-hybridized carbons (Fsp3) is 0.634. The summed E-state index contributed by atoms with van der Waals surface area (Å²) >= 11 is 0. The lowest BCUT2D eigenvalue weighted by Gasteiger charge is -2.34. The summed E-state index contributed by atoms with van der Waals surface area (Å²) in [5.41, 5.74) is -3.83. The number of nitrogens with one attached hydrogen (secondary N) is 3. The van der Waals surface area contributed by atoms with Gasteiger partial charge < -0.3 is 29.7 Å². The first-order chi connectivity index (χ1) is 27.6. The van der Waals surface area contributed by atoms with Crippen LogP contribution in [0.5, 0.6) is 11.6 Å². The number of allylic oxidation sites excluding steroid dienone is 1. The van der Waals surface area contributed by atoms with Crippen LogP contribution < -0.4 is 24.8 Å². The maximum absolute atomic E-state index is 14.8. The Bertz CT molecular complexity index is 2160. The number of carbonyl (C=O) groups is 4. The van der Waals surface area contributed by atoms with Crippen molar-refractivity contribution in [2.24, 2.45) is 17.8 Å². The van der Waals surface area contributed by atoms with Gasteiger partial charge in [-0.3, -0.25) is 19.1 Å². The molecule has 1 aromatic carbocycles. The second-order valence-electron chi connectivity index (χ2n) is 17.7. The van der Waals surface area contributed by atoms with Crippen molar-refractivity contribution in [3.63, 3.8) is 0 Å². The molecule has 7 rings (SSSR count). The number of aryl methyl sites for hydroxylation is 1. The number of halogens is 3. The van der Waals surface area contributed by atoms with Crippen molar-refractivity contribution in [2.45, 2.75) is 133 Å². The van der Waals surface area contributed by atoms with E-state index in [2.05, 4.69) is 15.4 Å². The van der Waals surface area contributed by atoms with Crippen LogP contribution in [0.4, 0.5) is 18.0 Å². The number of carbonyl (C=O) groups excluding carboxylic acids is 4. The van der Waals surface area contributed by atoms with Gasteiger partial charge in [0, 0.05) is 23.1 Å². The number of alkyl carbamates (subject to hydrolysis) is 1. The molecular weight excluding hydrogens is 796 g/mol. The number of aromatic nitrogens is 1. The number of sulfonamides is 1. The minimum Gasteiger partial charge on any atom is -0.491 e. The van der Waals surface area contributed by atoms with Gasteiger partial charge in [0.15, 0.2) is 0 Å². The summed E-state index contributed by atoms with van der Waals surface area (Å²) in [6.07, 6.45) is 0.126. The van der Waals surface area contributed by atoms with Crippen molar-refractivity contribution in [3.05, 3.63) is 42.1 Å². The molecule has 2 aliphatic carbocycles. The first-order valence-electron chi connectivity index (χ1n) is 20.3. The van der Waals surface area contributed by atoms with Crippen molar-refractivity contribution in [1.29, 1.82) is 0 Å². The van der Waals surface area contributed by atoms with Gasteiger partial charge in [0.05, 0.1) is 23.6 Å². The van der Waals surface area contributed by atoms with Crippen LogP contribution in [-0.4, -0.2) is 95.5 Å². The Morgan fingerprint density at radius 2 is 1.80 bits per heavy atom. The van der Waals surface area contributed by atoms with Crippen LogP contribution in [0, 0.1) is 17.8 Å². The summed E-state index contributed by atoms with van der Waals surface area (Å²) < 4.78 is 86.2. The Labute approximate surface area is 341 Å². The Morgan fingerprint density at radius 1 is 1.08 bits per heavy atom. The van der Waals surface area contributed by atoms with Gasteiger partial charge in [-0.2, -0.15) is 13.2 Å². The smallest absolute Gasteiger partial charge is 0.427 e. The predicted molar refractivity (Wildman–Crippen MR) is 209 cm³/mol. The fourth-order valence-corrected chi connectivity index (χ4v) is 9.60. The van der Waals surface area contributed by atoms with Crippen LogP contribution in [0.1, 0.15) is 91.7 Å². The maximum Gasteiger partial charge on any atom is 0.427 e. The largest absolute Gasteiger partial charge is 0.491 e. The molecule has 18 heteroatoms. The highest BCUT2D eigenvalue weighted by molar-refractivity contribution is 7.91. The van der Waals surface area contributed by atoms with Crippen molar-refractivity contribution in [2.75, 3.05) is 13.2 Å². The van der Waals surface area contributed by atoms with Crippen molar-refractivity contribution in [3.8, 4) is 11.6 Å². The van der Waals surface area contributed by atoms with Gasteiger partial charge in [-0.1, -0.05) is 44.2 Å². The Morgan fingerprint density at radius 3 is 2.49 bits per heavy atom. The Balaban J connectivity index is 1.24. The molecule has 2 aromatic rings. The third kappa shape index (κ3) is 8.42. The Kier molecular flexibility index (Phi) is 11.1. The molecule has 0 radical (unpaired) electrons. The molecule has 3 fully saturated rings. The first kappa shape index (κ1) is 42.5. The lowest BCUT2D eigenvalue weighted by molar-refractivity contribution is -0.244. The van der Waals surface area contributed by atoms with Crippen molar-refractivity contribution >= 4 is 44.6 Å². The summed E-state index contributed by atoms with van der Waals surface area (Å²) in [6.45, 7) is 6.92. The van der Waals surface area contributed by atoms with E-state index >= 15 is 0 Å². The van der Waals surface area contributed by atoms with E-state index in [0.717, 1.165) is 11.8 Å². The highest BCUT2D eigenvalue weighted by atomic mass is 32.2. The van der Waals surface area contributed by atoms with Crippen LogP contribution in [-0.2, 0) is 35.6 Å². The van der Waals surface area contributed by atoms with Gasteiger partial charge in [-0.15, -0.1) is 0 Å². The number of fused-ring (bicyclic) bond motifs is 5. The molecule has 322 valence electrons. The van der Waals surface area contributed by atoms with Crippen LogP contribution in [0.2, 0.25) is 0 Å². The van der Waals surface area contributed by atoms with Crippen LogP contribution in [0.3, 0.4) is 0 Å². The summed E-state index contributed by atoms with van der Waals surface area (Å²) in [7, 11) is -4.08. The minimum atomic E-state index is -4.91. The third-order valence-corrected chi connectivity index (χ3v) is 14.7. The topological polar surface area (TPSA) is 182 Å². The van der Waals surface area contributed by atoms with Crippen LogP contribution in [0.25, 0.3) is 10.8 Å². The summed E-state index contributed by atoms with van der Waals surface area (Å²) in [5.74, 6) is -2.72. The number of rotatable bonds is 7. The molecule has 2 saturated carbocycles. The van der Waals surface area contributed by atoms with Gasteiger partial charge >= 0.3 is 12.3 Å². The van der Waals surface area contributed by atoms with E-state index in [0.29, 0.717) is 75.8 Å². The van der Waals surface area contributed by atoms with E-state index < -0.39 is 85.9 Å². The van der Waals surface area contributed by atoms with Gasteiger partial charge in [0.25, 0.3) is 5.91 Å². The highest BCUT2D eigenvalue weighted by Gasteiger charge is 2.63. The molecule has 1 saturated heterocycles. The number of ether oxygens (including phenoxy) is 3. The molecule has 4 heterocycles. The van der Waals surface area contributed by atoms with E-state index in [1.165, 1.54) is 4.90 Å². The van der Waals surface area contributed by atoms with Crippen molar-refractivity contribution < 1.29 is 55.0 Å². The zero-order valence-corrected chi connectivity index (χ0v) is 34.6. The number of pyridine rings is 1. The second-order valence-corrected chi connectivity index (χ2v) is 19.9. The molecule has 5 aliphatic rings. The number of benzene rings is 1. The van der Waals surface area contributed by atoms with E-state index in [1.54, 1.807) is 19.9 Å². The zero-order valence-electron chi connectivity index (χ0n) is 33.8. The average Bonchev–Trinajstić information content (AvgIpc) is 4.04. The summed E-state index contributed by atoms with van der Waals surface area (Å²) in [5, 5.41) is 6.63. The lowest BCUT2D eigenvalue weighted by atomic mass is 9.88. The molecule has 7 unspecified atom stereocenters. The molecule has 3 N–H and O–H groups in total. The monoisotopic (exact) mass is 847 g/mol. The molecule has 3 aliphatic heterocycles. The highest BCUT2D eigenvalue weighted by Crippen LogP contribution is 2.48. The molecule has 4 amide bonds. The first-order valence-corrected chi connectivity index (χ1v) is 21.8. The van der Waals surface area contributed by atoms with Crippen molar-refractivity contribution in [1.82, 2.24) is 25.2 Å². The standard InChI is InChI=1S/C41H52F3N5O9S/c1-23-11-6-7-12-25-21-40(25,36(52)48-59(54,55)39(5)16-17-39)47-33(50)30-20-26(57-34-28-14-9-8-13-27(28)32-29(45-34)15-10-18-56-32)22-49(30)35(51)31(24(2)19-23)46-37(53)58-38(3,4)41(42,43)44/h7-9,12-14,23-26,30-31H,6,10-11,15-22H2,1-5H3,(H,46,53)(H,47,50)(H,48,52). The zero-order chi connectivity index (χ0) is 42.7. The molecule has 0 bridgehead atoms. The van der Waals surface area contributed by atoms with E-state index in [9.17, 15) is 40.8 Å². The number of hydrogen-bond acceptors (Lipinski definition) is 10. The molecule has 14 nitrogen and oxygen atoms in total. The summed E-state index contributed by atoms with van der Waals surface area (Å²) in [4.78, 5) is 62.6. The average molecular weight is 848 g/mol. The number of amides is 4. The number of alkyl halides is 3. The third-order valence-electron chi connectivity index (χ3n) is 12.5. The normalized spacial score (nSPS) is 29.7. The summed E-state index contributed by atoms with van der Waals surface area (Å²) in [6, 6.07) is 4.63. The van der Waals surface area contributed by atoms with E-state index in [4.69, 9.17) is 19.2 Å². The second kappa shape index (κ2) is 15.4. The van der Waals surface area contributed by atoms with E-state index in [1.807, 2.05) is 37.3 Å². The quantitative estimate of drug-likeness (QED) is 0.312. The molecule has 0 spiro atoms. The van der Waals surface area contributed by atoms with Crippen LogP contribution >= 0.6 is 0 Å². The number of nitrogens with zero attached hydrogens (tertiary/aromatic N) is 2. The molecule has 59 heavy (non-hydrogen) atoms. The van der Waals surface area contributed by atoms with Gasteiger partial charge in [-0.25, -0.2) is 18.2 Å². The fourth-order valence-electron chi connectivity index (χ4n) is 8.29. The predicted octanol–water partition coefficient (Wildman–Crippen LogP) is 5.23. The Hall–Kier alpha value is -4.61. The minimum absolute atomic E-state index is 0.0336. The molecule has 1 aromatic heterocycles. The van der Waals surface area contributed by atoms with Gasteiger partial charge in [-0.05, 0) is 90.0 Å². The van der Waals surface area contributed by atoms with Crippen LogP contribution in [0.15, 0.2) is 36.4 Å². The van der Waals surface area contributed by atoms with Gasteiger partial charge in [0.1, 0.15) is 29.5 Å².